The number of hydrogen-bond acceptors (Lipinski definition) is 7. The van der Waals surface area contributed by atoms with E-state index in [4.69, 9.17) is 4.99 Å². The molecule has 2 N–H and O–H groups in total. The Hall–Kier alpha value is -2.22. The van der Waals surface area contributed by atoms with Crippen molar-refractivity contribution < 1.29 is 4.79 Å². The molecule has 3 aliphatic rings. The van der Waals surface area contributed by atoms with E-state index in [1.54, 1.807) is 6.33 Å². The molecule has 0 aromatic carbocycles. The van der Waals surface area contributed by atoms with Crippen molar-refractivity contribution in [2.75, 3.05) is 45.2 Å². The Labute approximate surface area is 147 Å². The molecular formula is C17H25N7O. The van der Waals surface area contributed by atoms with E-state index in [0.29, 0.717) is 18.8 Å². The van der Waals surface area contributed by atoms with Crippen molar-refractivity contribution in [1.82, 2.24) is 25.5 Å². The number of guanidine groups is 1. The number of nitrogens with zero attached hydrogens (tertiary/aromatic N) is 5. The van der Waals surface area contributed by atoms with E-state index in [2.05, 4.69) is 25.5 Å². The van der Waals surface area contributed by atoms with Gasteiger partial charge in [0, 0.05) is 45.7 Å². The zero-order valence-electron chi connectivity index (χ0n) is 14.9. The fourth-order valence-corrected chi connectivity index (χ4v) is 3.87. The lowest BCUT2D eigenvalue weighted by Gasteiger charge is -2.37. The zero-order valence-corrected chi connectivity index (χ0v) is 14.9. The van der Waals surface area contributed by atoms with Gasteiger partial charge in [0.25, 0.3) is 5.91 Å². The number of aromatic nitrogens is 2. The molecule has 8 heteroatoms. The van der Waals surface area contributed by atoms with Crippen LogP contribution in [0.2, 0.25) is 0 Å². The average Bonchev–Trinajstić information content (AvgIpc) is 2.79. The molecule has 0 unspecified atom stereocenters. The molecule has 1 spiro atoms. The van der Waals surface area contributed by atoms with Crippen molar-refractivity contribution in [3.05, 3.63) is 17.6 Å². The smallest absolute Gasteiger partial charge is 0.254 e. The molecule has 1 saturated heterocycles. The number of rotatable bonds is 1. The van der Waals surface area contributed by atoms with Gasteiger partial charge in [0.2, 0.25) is 5.96 Å². The summed E-state index contributed by atoms with van der Waals surface area (Å²) in [4.78, 5) is 30.4. The number of carbonyl (C=O) groups is 1. The number of amides is 1. The first-order chi connectivity index (χ1) is 12.1. The van der Waals surface area contributed by atoms with Crippen LogP contribution in [-0.4, -0.2) is 72.5 Å². The maximum Gasteiger partial charge on any atom is 0.254 e. The van der Waals surface area contributed by atoms with Crippen LogP contribution in [0, 0.1) is 0 Å². The number of aliphatic imine (C=N–C) groups is 1. The molecule has 0 radical (unpaired) electrons. The third-order valence-electron chi connectivity index (χ3n) is 5.38. The molecule has 1 fully saturated rings. The Morgan fingerprint density at radius 2 is 1.92 bits per heavy atom. The molecule has 8 nitrogen and oxygen atoms in total. The highest BCUT2D eigenvalue weighted by Crippen LogP contribution is 2.33. The normalized spacial score (nSPS) is 22.2. The second-order valence-corrected chi connectivity index (χ2v) is 7.18. The lowest BCUT2D eigenvalue weighted by Crippen LogP contribution is -2.49. The average molecular weight is 343 g/mol. The monoisotopic (exact) mass is 343 g/mol. The number of anilines is 1. The Kier molecular flexibility index (Phi) is 4.07. The van der Waals surface area contributed by atoms with Gasteiger partial charge in [-0.05, 0) is 25.8 Å². The Morgan fingerprint density at radius 3 is 2.64 bits per heavy atom. The second kappa shape index (κ2) is 6.25. The molecule has 4 rings (SSSR count). The first kappa shape index (κ1) is 16.3. The first-order valence-electron chi connectivity index (χ1n) is 8.96. The second-order valence-electron chi connectivity index (χ2n) is 7.18. The van der Waals surface area contributed by atoms with Gasteiger partial charge in [-0.15, -0.1) is 0 Å². The molecule has 0 bridgehead atoms. The minimum absolute atomic E-state index is 0.0292. The Bertz CT molecular complexity index is 707. The van der Waals surface area contributed by atoms with Crippen LogP contribution < -0.4 is 15.5 Å². The molecule has 134 valence electrons. The number of hydrogen-bond donors (Lipinski definition) is 2. The number of piperidine rings is 1. The summed E-state index contributed by atoms with van der Waals surface area (Å²) in [6, 6.07) is 0. The quantitative estimate of drug-likeness (QED) is 0.718. The van der Waals surface area contributed by atoms with Crippen molar-refractivity contribution in [3.63, 3.8) is 0 Å². The first-order valence-corrected chi connectivity index (χ1v) is 8.96. The van der Waals surface area contributed by atoms with E-state index < -0.39 is 5.54 Å². The predicted molar refractivity (Wildman–Crippen MR) is 95.8 cm³/mol. The number of carbonyl (C=O) groups excluding carboxylic acids is 1. The summed E-state index contributed by atoms with van der Waals surface area (Å²) in [5.41, 5.74) is 1.81. The molecular weight excluding hydrogens is 318 g/mol. The van der Waals surface area contributed by atoms with Crippen LogP contribution in [0.5, 0.6) is 0 Å². The summed E-state index contributed by atoms with van der Waals surface area (Å²) >= 11 is 0. The largest absolute Gasteiger partial charge is 0.356 e. The minimum Gasteiger partial charge on any atom is -0.356 e. The van der Waals surface area contributed by atoms with Gasteiger partial charge in [0.05, 0.1) is 5.69 Å². The van der Waals surface area contributed by atoms with Crippen LogP contribution >= 0.6 is 0 Å². The van der Waals surface area contributed by atoms with E-state index in [0.717, 1.165) is 50.5 Å². The van der Waals surface area contributed by atoms with E-state index in [9.17, 15) is 4.79 Å². The highest BCUT2D eigenvalue weighted by Gasteiger charge is 2.46. The van der Waals surface area contributed by atoms with Gasteiger partial charge in [-0.1, -0.05) is 0 Å². The summed E-state index contributed by atoms with van der Waals surface area (Å²) in [5, 5.41) is 6.33. The molecule has 3 aliphatic heterocycles. The Morgan fingerprint density at radius 1 is 1.16 bits per heavy atom. The van der Waals surface area contributed by atoms with Crippen molar-refractivity contribution in [3.8, 4) is 0 Å². The molecule has 0 saturated carbocycles. The number of fused-ring (bicyclic) bond motifs is 1. The van der Waals surface area contributed by atoms with Gasteiger partial charge in [-0.2, -0.15) is 0 Å². The van der Waals surface area contributed by atoms with Gasteiger partial charge in [0.1, 0.15) is 17.7 Å². The standard InChI is InChI=1S/C17H25N7O/c1-23(2)16-21-15(25)17(22-16)5-9-24(10-6-17)14-12-3-7-18-8-4-13(12)19-11-20-14/h11,18H,3-10H2,1-2H3,(H,21,22,25). The topological polar surface area (TPSA) is 85.8 Å². The van der Waals surface area contributed by atoms with Gasteiger partial charge in [0.15, 0.2) is 0 Å². The van der Waals surface area contributed by atoms with Crippen LogP contribution in [0.25, 0.3) is 0 Å². The van der Waals surface area contributed by atoms with Gasteiger partial charge in [-0.25, -0.2) is 15.0 Å². The molecule has 25 heavy (non-hydrogen) atoms. The minimum atomic E-state index is -0.609. The summed E-state index contributed by atoms with van der Waals surface area (Å²) in [7, 11) is 3.80. The molecule has 0 aliphatic carbocycles. The zero-order chi connectivity index (χ0) is 17.4. The molecule has 4 heterocycles. The van der Waals surface area contributed by atoms with E-state index in [-0.39, 0.29) is 5.91 Å². The van der Waals surface area contributed by atoms with Gasteiger partial charge in [-0.3, -0.25) is 10.1 Å². The highest BCUT2D eigenvalue weighted by molar-refractivity contribution is 6.07. The maximum absolute atomic E-state index is 12.5. The lowest BCUT2D eigenvalue weighted by atomic mass is 9.88. The Balaban J connectivity index is 1.54. The molecule has 1 aromatic rings. The van der Waals surface area contributed by atoms with Crippen LogP contribution in [0.15, 0.2) is 11.3 Å². The van der Waals surface area contributed by atoms with Crippen LogP contribution in [0.1, 0.15) is 24.1 Å². The molecule has 0 atom stereocenters. The van der Waals surface area contributed by atoms with Crippen LogP contribution in [0.4, 0.5) is 5.82 Å². The van der Waals surface area contributed by atoms with Gasteiger partial charge >= 0.3 is 0 Å². The third-order valence-corrected chi connectivity index (χ3v) is 5.38. The summed E-state index contributed by atoms with van der Waals surface area (Å²) < 4.78 is 0. The van der Waals surface area contributed by atoms with Crippen LogP contribution in [0.3, 0.4) is 0 Å². The van der Waals surface area contributed by atoms with E-state index in [1.807, 2.05) is 19.0 Å². The van der Waals surface area contributed by atoms with Crippen molar-refractivity contribution >= 4 is 17.7 Å². The lowest BCUT2D eigenvalue weighted by molar-refractivity contribution is -0.124. The van der Waals surface area contributed by atoms with E-state index in [1.165, 1.54) is 5.56 Å². The predicted octanol–water partition coefficient (Wildman–Crippen LogP) is -0.449. The maximum atomic E-state index is 12.5. The molecule has 1 amide bonds. The third kappa shape index (κ3) is 2.84. The van der Waals surface area contributed by atoms with Gasteiger partial charge < -0.3 is 15.1 Å². The fraction of sp³-hybridized carbons (Fsp3) is 0.647. The van der Waals surface area contributed by atoms with Crippen molar-refractivity contribution in [2.24, 2.45) is 4.99 Å². The highest BCUT2D eigenvalue weighted by atomic mass is 16.2. The van der Waals surface area contributed by atoms with Crippen LogP contribution in [-0.2, 0) is 17.6 Å². The summed E-state index contributed by atoms with van der Waals surface area (Å²) in [6.45, 7) is 3.50. The van der Waals surface area contributed by atoms with Crippen molar-refractivity contribution in [2.45, 2.75) is 31.2 Å². The summed E-state index contributed by atoms with van der Waals surface area (Å²) in [6.07, 6.45) is 5.01. The fourth-order valence-electron chi connectivity index (χ4n) is 3.87. The summed E-state index contributed by atoms with van der Waals surface area (Å²) in [5.74, 6) is 1.74. The molecule has 1 aromatic heterocycles. The van der Waals surface area contributed by atoms with Crippen molar-refractivity contribution in [1.29, 1.82) is 0 Å². The number of nitrogens with one attached hydrogen (secondary N) is 2. The SMILES string of the molecule is CN(C)C1=NC2(CCN(c3ncnc4c3CCNCC4)CC2)C(=O)N1. The van der Waals surface area contributed by atoms with E-state index >= 15 is 0 Å².